The number of carbonyl (C=O) groups excluding carboxylic acids is 1. The molecule has 1 saturated heterocycles. The Morgan fingerprint density at radius 1 is 1.40 bits per heavy atom. The van der Waals surface area contributed by atoms with Gasteiger partial charge in [-0.1, -0.05) is 0 Å². The molecule has 20 heavy (non-hydrogen) atoms. The first-order valence-electron chi connectivity index (χ1n) is 6.14. The number of amides is 2. The van der Waals surface area contributed by atoms with Crippen molar-refractivity contribution in [2.45, 2.75) is 6.04 Å². The second-order valence-electron chi connectivity index (χ2n) is 4.28. The average molecular weight is 296 g/mol. The summed E-state index contributed by atoms with van der Waals surface area (Å²) in [6.07, 6.45) is 0. The largest absolute Gasteiger partial charge is 0.497 e. The maximum Gasteiger partial charge on any atom is 0.327 e. The van der Waals surface area contributed by atoms with Crippen LogP contribution in [0.25, 0.3) is 0 Å². The summed E-state index contributed by atoms with van der Waals surface area (Å²) in [4.78, 5) is 24.7. The second-order valence-corrected chi connectivity index (χ2v) is 5.43. The van der Waals surface area contributed by atoms with Gasteiger partial charge in [-0.25, -0.2) is 9.59 Å². The molecule has 0 spiro atoms. The molecular formula is C13H16N2O4S. The van der Waals surface area contributed by atoms with E-state index in [1.807, 2.05) is 0 Å². The molecular weight excluding hydrogens is 280 g/mol. The molecule has 1 unspecified atom stereocenters. The lowest BCUT2D eigenvalue weighted by molar-refractivity contribution is -0.141. The number of hydrogen-bond donors (Lipinski definition) is 2. The lowest BCUT2D eigenvalue weighted by Crippen LogP contribution is -2.51. The molecule has 2 rings (SSSR count). The quantitative estimate of drug-likeness (QED) is 0.888. The van der Waals surface area contributed by atoms with E-state index in [1.54, 1.807) is 43.1 Å². The third-order valence-electron chi connectivity index (χ3n) is 3.02. The fraction of sp³-hybridized carbons (Fsp3) is 0.385. The molecule has 1 aromatic rings. The Kier molecular flexibility index (Phi) is 4.73. The Labute approximate surface area is 121 Å². The van der Waals surface area contributed by atoms with Gasteiger partial charge in [-0.2, -0.15) is 11.8 Å². The van der Waals surface area contributed by atoms with E-state index >= 15 is 0 Å². The normalized spacial score (nSPS) is 18.4. The van der Waals surface area contributed by atoms with Gasteiger partial charge in [0, 0.05) is 23.7 Å². The van der Waals surface area contributed by atoms with Crippen LogP contribution in [0.15, 0.2) is 24.3 Å². The van der Waals surface area contributed by atoms with E-state index in [0.717, 1.165) is 5.75 Å². The van der Waals surface area contributed by atoms with Crippen LogP contribution < -0.4 is 10.1 Å². The molecule has 0 radical (unpaired) electrons. The summed E-state index contributed by atoms with van der Waals surface area (Å²) in [5.41, 5.74) is 0.609. The van der Waals surface area contributed by atoms with E-state index in [4.69, 9.17) is 9.84 Å². The van der Waals surface area contributed by atoms with Gasteiger partial charge >= 0.3 is 12.0 Å². The number of carbonyl (C=O) groups is 2. The van der Waals surface area contributed by atoms with Crippen molar-refractivity contribution < 1.29 is 19.4 Å². The highest BCUT2D eigenvalue weighted by Crippen LogP contribution is 2.19. The SMILES string of the molecule is COc1ccc(NC(=O)N2CCSCC2C(=O)O)cc1. The van der Waals surface area contributed by atoms with Crippen LogP contribution in [0.5, 0.6) is 5.75 Å². The zero-order valence-electron chi connectivity index (χ0n) is 11.0. The van der Waals surface area contributed by atoms with Crippen LogP contribution in [0.1, 0.15) is 0 Å². The number of rotatable bonds is 3. The molecule has 1 aromatic carbocycles. The van der Waals surface area contributed by atoms with Crippen molar-refractivity contribution in [1.82, 2.24) is 4.90 Å². The van der Waals surface area contributed by atoms with Crippen LogP contribution in [0.4, 0.5) is 10.5 Å². The van der Waals surface area contributed by atoms with Crippen molar-refractivity contribution in [3.05, 3.63) is 24.3 Å². The zero-order valence-corrected chi connectivity index (χ0v) is 11.9. The van der Waals surface area contributed by atoms with Gasteiger partial charge in [0.05, 0.1) is 7.11 Å². The molecule has 7 heteroatoms. The van der Waals surface area contributed by atoms with E-state index in [2.05, 4.69) is 5.32 Å². The molecule has 0 saturated carbocycles. The summed E-state index contributed by atoms with van der Waals surface area (Å²) in [5.74, 6) is 0.897. The predicted molar refractivity (Wildman–Crippen MR) is 77.5 cm³/mol. The number of urea groups is 1. The average Bonchev–Trinajstić information content (AvgIpc) is 2.48. The zero-order chi connectivity index (χ0) is 14.5. The van der Waals surface area contributed by atoms with Gasteiger partial charge in [-0.3, -0.25) is 0 Å². The summed E-state index contributed by atoms with van der Waals surface area (Å²) in [5, 5.41) is 11.8. The Balaban J connectivity index is 2.03. The molecule has 6 nitrogen and oxygen atoms in total. The molecule has 1 aliphatic heterocycles. The van der Waals surface area contributed by atoms with Crippen LogP contribution in [0.2, 0.25) is 0 Å². The lowest BCUT2D eigenvalue weighted by Gasteiger charge is -2.32. The van der Waals surface area contributed by atoms with E-state index in [1.165, 1.54) is 4.90 Å². The van der Waals surface area contributed by atoms with Gasteiger partial charge in [0.15, 0.2) is 0 Å². The molecule has 0 aliphatic carbocycles. The number of carboxylic acid groups (broad SMARTS) is 1. The minimum atomic E-state index is -0.970. The Morgan fingerprint density at radius 3 is 2.70 bits per heavy atom. The number of nitrogens with zero attached hydrogens (tertiary/aromatic N) is 1. The summed E-state index contributed by atoms with van der Waals surface area (Å²) >= 11 is 1.54. The monoisotopic (exact) mass is 296 g/mol. The van der Waals surface area contributed by atoms with Gasteiger partial charge < -0.3 is 20.1 Å². The van der Waals surface area contributed by atoms with E-state index in [-0.39, 0.29) is 6.03 Å². The van der Waals surface area contributed by atoms with Crippen LogP contribution in [-0.2, 0) is 4.79 Å². The van der Waals surface area contributed by atoms with Crippen molar-refractivity contribution >= 4 is 29.4 Å². The maximum absolute atomic E-state index is 12.1. The summed E-state index contributed by atoms with van der Waals surface area (Å²) in [6, 6.07) is 5.73. The Bertz CT molecular complexity index is 492. The molecule has 0 bridgehead atoms. The van der Waals surface area contributed by atoms with E-state index < -0.39 is 12.0 Å². The standard InChI is InChI=1S/C13H16N2O4S/c1-19-10-4-2-9(3-5-10)14-13(18)15-6-7-20-8-11(15)12(16)17/h2-5,11H,6-8H2,1H3,(H,14,18)(H,16,17). The van der Waals surface area contributed by atoms with Crippen LogP contribution >= 0.6 is 11.8 Å². The third kappa shape index (κ3) is 3.36. The first kappa shape index (κ1) is 14.5. The lowest BCUT2D eigenvalue weighted by atomic mass is 10.2. The molecule has 1 heterocycles. The van der Waals surface area contributed by atoms with Crippen molar-refractivity contribution in [3.63, 3.8) is 0 Å². The number of hydrogen-bond acceptors (Lipinski definition) is 4. The smallest absolute Gasteiger partial charge is 0.327 e. The van der Waals surface area contributed by atoms with Gasteiger partial charge in [0.25, 0.3) is 0 Å². The van der Waals surface area contributed by atoms with Crippen LogP contribution in [0, 0.1) is 0 Å². The number of methoxy groups -OCH3 is 1. The van der Waals surface area contributed by atoms with E-state index in [0.29, 0.717) is 23.7 Å². The summed E-state index contributed by atoms with van der Waals surface area (Å²) in [7, 11) is 1.57. The van der Waals surface area contributed by atoms with Crippen molar-refractivity contribution in [3.8, 4) is 5.75 Å². The number of anilines is 1. The number of aliphatic carboxylic acids is 1. The minimum Gasteiger partial charge on any atom is -0.497 e. The maximum atomic E-state index is 12.1. The van der Waals surface area contributed by atoms with E-state index in [9.17, 15) is 9.59 Å². The van der Waals surface area contributed by atoms with Gasteiger partial charge in [-0.05, 0) is 24.3 Å². The van der Waals surface area contributed by atoms with Crippen LogP contribution in [0.3, 0.4) is 0 Å². The number of benzene rings is 1. The molecule has 2 amide bonds. The second kappa shape index (κ2) is 6.51. The molecule has 2 N–H and O–H groups in total. The van der Waals surface area contributed by atoms with Gasteiger partial charge in [0.2, 0.25) is 0 Å². The van der Waals surface area contributed by atoms with Crippen molar-refractivity contribution in [2.24, 2.45) is 0 Å². The molecule has 1 atom stereocenters. The Morgan fingerprint density at radius 2 is 2.10 bits per heavy atom. The Hall–Kier alpha value is -1.89. The van der Waals surface area contributed by atoms with Crippen LogP contribution in [-0.4, -0.2) is 53.2 Å². The number of thioether (sulfide) groups is 1. The summed E-state index contributed by atoms with van der Waals surface area (Å²) < 4.78 is 5.04. The topological polar surface area (TPSA) is 78.9 Å². The van der Waals surface area contributed by atoms with Gasteiger partial charge in [0.1, 0.15) is 11.8 Å². The summed E-state index contributed by atoms with van der Waals surface area (Å²) in [6.45, 7) is 0.434. The van der Waals surface area contributed by atoms with Crippen molar-refractivity contribution in [1.29, 1.82) is 0 Å². The highest BCUT2D eigenvalue weighted by atomic mass is 32.2. The molecule has 1 fully saturated rings. The number of ether oxygens (including phenoxy) is 1. The highest BCUT2D eigenvalue weighted by Gasteiger charge is 2.32. The fourth-order valence-electron chi connectivity index (χ4n) is 1.92. The fourth-order valence-corrected chi connectivity index (χ4v) is 2.96. The van der Waals surface area contributed by atoms with Crippen molar-refractivity contribution in [2.75, 3.05) is 30.5 Å². The first-order chi connectivity index (χ1) is 9.61. The third-order valence-corrected chi connectivity index (χ3v) is 4.04. The first-order valence-corrected chi connectivity index (χ1v) is 7.29. The predicted octanol–water partition coefficient (Wildman–Crippen LogP) is 1.73. The molecule has 0 aromatic heterocycles. The van der Waals surface area contributed by atoms with Gasteiger partial charge in [-0.15, -0.1) is 0 Å². The molecule has 1 aliphatic rings. The molecule has 108 valence electrons. The highest BCUT2D eigenvalue weighted by molar-refractivity contribution is 7.99. The number of carboxylic acids is 1. The minimum absolute atomic E-state index is 0.386. The number of nitrogens with one attached hydrogen (secondary N) is 1.